The summed E-state index contributed by atoms with van der Waals surface area (Å²) in [5, 5.41) is 2.09. The first kappa shape index (κ1) is 13.9. The van der Waals surface area contributed by atoms with Crippen molar-refractivity contribution in [3.8, 4) is 0 Å². The van der Waals surface area contributed by atoms with Crippen LogP contribution in [0.5, 0.6) is 0 Å². The van der Waals surface area contributed by atoms with Crippen molar-refractivity contribution in [3.63, 3.8) is 0 Å². The molecule has 0 aromatic carbocycles. The highest BCUT2D eigenvalue weighted by molar-refractivity contribution is 7.15. The zero-order valence-electron chi connectivity index (χ0n) is 12.1. The van der Waals surface area contributed by atoms with E-state index in [9.17, 15) is 0 Å². The van der Waals surface area contributed by atoms with Crippen molar-refractivity contribution in [1.29, 1.82) is 0 Å². The highest BCUT2D eigenvalue weighted by Crippen LogP contribution is 2.25. The maximum absolute atomic E-state index is 5.78. The SMILES string of the molecule is CCCN1CCN(c2nc3sccn3c2CCN)CC1. The second-order valence-corrected chi connectivity index (χ2v) is 6.18. The number of thiazole rings is 1. The van der Waals surface area contributed by atoms with Crippen molar-refractivity contribution in [1.82, 2.24) is 14.3 Å². The van der Waals surface area contributed by atoms with Gasteiger partial charge in [-0.1, -0.05) is 6.92 Å². The molecule has 0 aliphatic carbocycles. The average molecular weight is 293 g/mol. The van der Waals surface area contributed by atoms with Crippen LogP contribution in [-0.4, -0.2) is 53.6 Å². The number of piperazine rings is 1. The van der Waals surface area contributed by atoms with Gasteiger partial charge in [0.05, 0.1) is 5.69 Å². The lowest BCUT2D eigenvalue weighted by molar-refractivity contribution is 0.258. The highest BCUT2D eigenvalue weighted by Gasteiger charge is 2.22. The summed E-state index contributed by atoms with van der Waals surface area (Å²) in [6, 6.07) is 0. The summed E-state index contributed by atoms with van der Waals surface area (Å²) in [6.45, 7) is 8.55. The first-order valence-electron chi connectivity index (χ1n) is 7.45. The number of rotatable bonds is 5. The minimum absolute atomic E-state index is 0.673. The van der Waals surface area contributed by atoms with E-state index in [0.29, 0.717) is 6.54 Å². The Morgan fingerprint density at radius 1 is 1.30 bits per heavy atom. The van der Waals surface area contributed by atoms with Gasteiger partial charge in [0, 0.05) is 44.2 Å². The Balaban J connectivity index is 1.80. The lowest BCUT2D eigenvalue weighted by Crippen LogP contribution is -2.47. The molecule has 20 heavy (non-hydrogen) atoms. The standard InChI is InChI=1S/C14H23N5S/c1-2-5-17-6-8-18(9-7-17)13-12(3-4-15)19-10-11-20-14(19)16-13/h10-11H,2-9,15H2,1H3. The van der Waals surface area contributed by atoms with Crippen LogP contribution < -0.4 is 10.6 Å². The first-order valence-corrected chi connectivity index (χ1v) is 8.33. The number of hydrogen-bond donors (Lipinski definition) is 1. The van der Waals surface area contributed by atoms with Crippen LogP contribution in [0.2, 0.25) is 0 Å². The summed E-state index contributed by atoms with van der Waals surface area (Å²) < 4.78 is 2.20. The predicted octanol–water partition coefficient (Wildman–Crippen LogP) is 1.43. The van der Waals surface area contributed by atoms with Crippen molar-refractivity contribution in [3.05, 3.63) is 17.3 Å². The Kier molecular flexibility index (Phi) is 4.24. The molecular formula is C14H23N5S. The molecule has 2 aromatic heterocycles. The molecule has 0 bridgehead atoms. The summed E-state index contributed by atoms with van der Waals surface area (Å²) in [5.41, 5.74) is 7.05. The van der Waals surface area contributed by atoms with Crippen LogP contribution in [0.1, 0.15) is 19.0 Å². The first-order chi connectivity index (χ1) is 9.83. The van der Waals surface area contributed by atoms with Crippen molar-refractivity contribution in [2.24, 2.45) is 5.73 Å². The van der Waals surface area contributed by atoms with Crippen molar-refractivity contribution >= 4 is 22.1 Å². The molecule has 0 radical (unpaired) electrons. The highest BCUT2D eigenvalue weighted by atomic mass is 32.1. The molecule has 0 amide bonds. The van der Waals surface area contributed by atoms with Crippen LogP contribution in [0.4, 0.5) is 5.82 Å². The average Bonchev–Trinajstić information content (AvgIpc) is 3.03. The lowest BCUT2D eigenvalue weighted by atomic mass is 10.2. The van der Waals surface area contributed by atoms with E-state index in [4.69, 9.17) is 10.7 Å². The molecule has 6 heteroatoms. The van der Waals surface area contributed by atoms with Gasteiger partial charge in [-0.2, -0.15) is 0 Å². The van der Waals surface area contributed by atoms with Gasteiger partial charge < -0.3 is 10.6 Å². The van der Waals surface area contributed by atoms with Crippen molar-refractivity contribution < 1.29 is 0 Å². The van der Waals surface area contributed by atoms with E-state index in [1.54, 1.807) is 11.3 Å². The fourth-order valence-electron chi connectivity index (χ4n) is 2.94. The zero-order valence-corrected chi connectivity index (χ0v) is 12.9. The number of nitrogens with two attached hydrogens (primary N) is 1. The van der Waals surface area contributed by atoms with Gasteiger partial charge in [-0.3, -0.25) is 9.30 Å². The van der Waals surface area contributed by atoms with Crippen LogP contribution in [0, 0.1) is 0 Å². The Bertz CT molecular complexity index is 553. The van der Waals surface area contributed by atoms with Gasteiger partial charge in [0.1, 0.15) is 0 Å². The molecule has 3 heterocycles. The summed E-state index contributed by atoms with van der Waals surface area (Å²) in [5.74, 6) is 1.15. The van der Waals surface area contributed by atoms with Gasteiger partial charge in [0.25, 0.3) is 0 Å². The third-order valence-electron chi connectivity index (χ3n) is 3.93. The van der Waals surface area contributed by atoms with Crippen LogP contribution in [0.25, 0.3) is 4.96 Å². The molecule has 5 nitrogen and oxygen atoms in total. The van der Waals surface area contributed by atoms with E-state index in [1.165, 1.54) is 18.7 Å². The quantitative estimate of drug-likeness (QED) is 0.906. The Hall–Kier alpha value is -1.11. The molecule has 1 saturated heterocycles. The van der Waals surface area contributed by atoms with E-state index in [-0.39, 0.29) is 0 Å². The molecule has 1 aliphatic rings. The molecule has 0 unspecified atom stereocenters. The van der Waals surface area contributed by atoms with Crippen LogP contribution in [0.3, 0.4) is 0 Å². The number of anilines is 1. The number of hydrogen-bond acceptors (Lipinski definition) is 5. The van der Waals surface area contributed by atoms with Crippen LogP contribution >= 0.6 is 11.3 Å². The van der Waals surface area contributed by atoms with Gasteiger partial charge in [-0.15, -0.1) is 11.3 Å². The summed E-state index contributed by atoms with van der Waals surface area (Å²) in [6.07, 6.45) is 4.23. The van der Waals surface area contributed by atoms with Gasteiger partial charge in [-0.05, 0) is 19.5 Å². The van der Waals surface area contributed by atoms with Crippen molar-refractivity contribution in [2.45, 2.75) is 19.8 Å². The predicted molar refractivity (Wildman–Crippen MR) is 84.8 cm³/mol. The second kappa shape index (κ2) is 6.11. The maximum Gasteiger partial charge on any atom is 0.195 e. The topological polar surface area (TPSA) is 49.8 Å². The van der Waals surface area contributed by atoms with E-state index < -0.39 is 0 Å². The van der Waals surface area contributed by atoms with Gasteiger partial charge in [0.2, 0.25) is 0 Å². The molecule has 110 valence electrons. The molecule has 0 atom stereocenters. The summed E-state index contributed by atoms with van der Waals surface area (Å²) >= 11 is 1.69. The molecular weight excluding hydrogens is 270 g/mol. The molecule has 0 spiro atoms. The maximum atomic E-state index is 5.78. The Morgan fingerprint density at radius 2 is 2.10 bits per heavy atom. The number of aromatic nitrogens is 2. The van der Waals surface area contributed by atoms with Crippen LogP contribution in [-0.2, 0) is 6.42 Å². The van der Waals surface area contributed by atoms with E-state index in [2.05, 4.69) is 32.7 Å². The van der Waals surface area contributed by atoms with Gasteiger partial charge in [-0.25, -0.2) is 4.98 Å². The van der Waals surface area contributed by atoms with Gasteiger partial charge >= 0.3 is 0 Å². The lowest BCUT2D eigenvalue weighted by Gasteiger charge is -2.35. The number of nitrogens with zero attached hydrogens (tertiary/aromatic N) is 4. The molecule has 3 rings (SSSR count). The zero-order chi connectivity index (χ0) is 13.9. The largest absolute Gasteiger partial charge is 0.352 e. The van der Waals surface area contributed by atoms with Crippen LogP contribution in [0.15, 0.2) is 11.6 Å². The molecule has 2 aromatic rings. The van der Waals surface area contributed by atoms with Gasteiger partial charge in [0.15, 0.2) is 10.8 Å². The monoisotopic (exact) mass is 293 g/mol. The Morgan fingerprint density at radius 3 is 2.80 bits per heavy atom. The number of imidazole rings is 1. The fraction of sp³-hybridized carbons (Fsp3) is 0.643. The smallest absolute Gasteiger partial charge is 0.195 e. The van der Waals surface area contributed by atoms with E-state index >= 15 is 0 Å². The summed E-state index contributed by atoms with van der Waals surface area (Å²) in [4.78, 5) is 10.9. The number of fused-ring (bicyclic) bond motifs is 1. The third-order valence-corrected chi connectivity index (χ3v) is 4.69. The minimum atomic E-state index is 0.673. The van der Waals surface area contributed by atoms with E-state index in [0.717, 1.165) is 43.4 Å². The third kappa shape index (κ3) is 2.55. The van der Waals surface area contributed by atoms with E-state index in [1.807, 2.05) is 0 Å². The normalized spacial score (nSPS) is 17.2. The molecule has 2 N–H and O–H groups in total. The minimum Gasteiger partial charge on any atom is -0.352 e. The molecule has 1 fully saturated rings. The van der Waals surface area contributed by atoms with Crippen molar-refractivity contribution in [2.75, 3.05) is 44.2 Å². The molecule has 0 saturated carbocycles. The Labute approximate surface area is 124 Å². The summed E-state index contributed by atoms with van der Waals surface area (Å²) in [7, 11) is 0. The second-order valence-electron chi connectivity index (χ2n) is 5.31. The molecule has 1 aliphatic heterocycles. The fourth-order valence-corrected chi connectivity index (χ4v) is 3.67.